The van der Waals surface area contributed by atoms with Crippen molar-refractivity contribution in [1.82, 2.24) is 25.3 Å². The van der Waals surface area contributed by atoms with Crippen LogP contribution in [0.3, 0.4) is 0 Å². The average Bonchev–Trinajstić information content (AvgIpc) is 2.81. The first kappa shape index (κ1) is 23.9. The monoisotopic (exact) mass is 479 g/mol. The van der Waals surface area contributed by atoms with Crippen molar-refractivity contribution in [3.8, 4) is 0 Å². The van der Waals surface area contributed by atoms with Gasteiger partial charge in [-0.1, -0.05) is 17.7 Å². The highest BCUT2D eigenvalue weighted by molar-refractivity contribution is 6.30. The first-order valence-electron chi connectivity index (χ1n) is 11.5. The van der Waals surface area contributed by atoms with Crippen LogP contribution in [0.1, 0.15) is 31.7 Å². The number of amides is 3. The molecule has 3 fully saturated rings. The molecule has 10 heteroatoms. The van der Waals surface area contributed by atoms with E-state index in [0.717, 1.165) is 45.4 Å². The lowest BCUT2D eigenvalue weighted by molar-refractivity contribution is -0.146. The van der Waals surface area contributed by atoms with Crippen molar-refractivity contribution in [1.29, 1.82) is 0 Å². The molecule has 2 heterocycles. The van der Waals surface area contributed by atoms with E-state index in [1.807, 2.05) is 4.90 Å². The largest absolute Gasteiger partial charge is 0.350 e. The van der Waals surface area contributed by atoms with Gasteiger partial charge in [0.25, 0.3) is 0 Å². The van der Waals surface area contributed by atoms with Crippen LogP contribution in [0.5, 0.6) is 0 Å². The highest BCUT2D eigenvalue weighted by Crippen LogP contribution is 2.32. The fourth-order valence-corrected chi connectivity index (χ4v) is 5.27. The quantitative estimate of drug-likeness (QED) is 0.662. The maximum absolute atomic E-state index is 13.6. The van der Waals surface area contributed by atoms with Gasteiger partial charge in [-0.05, 0) is 37.0 Å². The van der Waals surface area contributed by atoms with Gasteiger partial charge in [0, 0.05) is 51.7 Å². The first-order valence-corrected chi connectivity index (χ1v) is 11.9. The predicted octanol–water partition coefficient (Wildman–Crippen LogP) is 1.19. The summed E-state index contributed by atoms with van der Waals surface area (Å²) >= 11 is 5.69. The van der Waals surface area contributed by atoms with Crippen LogP contribution in [0.15, 0.2) is 18.2 Å². The molecular formula is C23H31ClFN5O3. The third-order valence-electron chi connectivity index (χ3n) is 7.08. The fourth-order valence-electron chi connectivity index (χ4n) is 5.15. The zero-order chi connectivity index (χ0) is 23.5. The molecule has 4 rings (SSSR count). The van der Waals surface area contributed by atoms with Gasteiger partial charge in [-0.25, -0.2) is 4.39 Å². The number of hydrogen-bond donors (Lipinski definition) is 2. The maximum Gasteiger partial charge on any atom is 0.239 e. The van der Waals surface area contributed by atoms with Crippen LogP contribution in [-0.4, -0.2) is 83.9 Å². The summed E-state index contributed by atoms with van der Waals surface area (Å²) in [7, 11) is 0. The zero-order valence-corrected chi connectivity index (χ0v) is 19.6. The van der Waals surface area contributed by atoms with Crippen LogP contribution in [-0.2, 0) is 20.9 Å². The molecule has 1 aliphatic carbocycles. The van der Waals surface area contributed by atoms with Crippen LogP contribution in [0.25, 0.3) is 0 Å². The Morgan fingerprint density at radius 1 is 1.21 bits per heavy atom. The second-order valence-corrected chi connectivity index (χ2v) is 9.55. The molecule has 3 aliphatic rings. The van der Waals surface area contributed by atoms with Crippen molar-refractivity contribution in [3.63, 3.8) is 0 Å². The van der Waals surface area contributed by atoms with Crippen molar-refractivity contribution in [2.75, 3.05) is 39.4 Å². The van der Waals surface area contributed by atoms with Gasteiger partial charge in [0.2, 0.25) is 17.7 Å². The van der Waals surface area contributed by atoms with Gasteiger partial charge in [0.15, 0.2) is 0 Å². The number of nitrogens with zero attached hydrogens (tertiary/aromatic N) is 3. The van der Waals surface area contributed by atoms with Crippen LogP contribution in [0, 0.1) is 11.7 Å². The van der Waals surface area contributed by atoms with E-state index in [4.69, 9.17) is 11.6 Å². The smallest absolute Gasteiger partial charge is 0.239 e. The summed E-state index contributed by atoms with van der Waals surface area (Å²) in [6, 6.07) is 4.86. The molecule has 2 aliphatic heterocycles. The molecule has 2 saturated heterocycles. The summed E-state index contributed by atoms with van der Waals surface area (Å²) in [6.45, 7) is 5.22. The van der Waals surface area contributed by atoms with Crippen LogP contribution < -0.4 is 10.6 Å². The van der Waals surface area contributed by atoms with Crippen molar-refractivity contribution in [3.05, 3.63) is 34.6 Å². The molecule has 33 heavy (non-hydrogen) atoms. The third kappa shape index (κ3) is 5.65. The highest BCUT2D eigenvalue weighted by Gasteiger charge is 2.42. The van der Waals surface area contributed by atoms with Crippen molar-refractivity contribution in [2.24, 2.45) is 5.92 Å². The normalized spacial score (nSPS) is 26.2. The van der Waals surface area contributed by atoms with Gasteiger partial charge in [0.1, 0.15) is 12.4 Å². The second-order valence-electron chi connectivity index (χ2n) is 9.15. The van der Waals surface area contributed by atoms with Gasteiger partial charge in [0.05, 0.1) is 17.6 Å². The minimum absolute atomic E-state index is 0.0125. The van der Waals surface area contributed by atoms with Gasteiger partial charge in [-0.2, -0.15) is 0 Å². The molecule has 3 amide bonds. The molecule has 3 atom stereocenters. The molecule has 1 aromatic rings. The third-order valence-corrected chi connectivity index (χ3v) is 7.39. The predicted molar refractivity (Wildman–Crippen MR) is 122 cm³/mol. The van der Waals surface area contributed by atoms with E-state index in [1.165, 1.54) is 12.1 Å². The first-order chi connectivity index (χ1) is 15.8. The minimum Gasteiger partial charge on any atom is -0.350 e. The summed E-state index contributed by atoms with van der Waals surface area (Å²) in [5, 5.41) is 6.22. The molecular weight excluding hydrogens is 449 g/mol. The Hall–Kier alpha value is -2.23. The van der Waals surface area contributed by atoms with Crippen molar-refractivity contribution < 1.29 is 18.8 Å². The Bertz CT molecular complexity index is 908. The number of fused-ring (bicyclic) bond motifs is 1. The van der Waals surface area contributed by atoms with E-state index >= 15 is 0 Å². The van der Waals surface area contributed by atoms with Crippen LogP contribution in [0.4, 0.5) is 4.39 Å². The average molecular weight is 480 g/mol. The molecule has 3 unspecified atom stereocenters. The number of benzene rings is 1. The standard InChI is InChI=1S/C23H31ClFN5O3/c1-15(31)28-6-8-29(9-7-28)17-3-5-21-18(11-17)23(33)30(14-27-21)13-22(32)26-12-16-2-4-19(24)20(25)10-16/h2,4,10,17-18,21,27H,3,5-9,11-14H2,1H3,(H,26,32). The topological polar surface area (TPSA) is 85.0 Å². The summed E-state index contributed by atoms with van der Waals surface area (Å²) in [5.41, 5.74) is 0.605. The number of carbonyl (C=O) groups excluding carboxylic acids is 3. The van der Waals surface area contributed by atoms with E-state index in [2.05, 4.69) is 15.5 Å². The molecule has 180 valence electrons. The Kier molecular flexibility index (Phi) is 7.51. The lowest BCUT2D eigenvalue weighted by Crippen LogP contribution is -2.62. The van der Waals surface area contributed by atoms with E-state index in [9.17, 15) is 18.8 Å². The fraction of sp³-hybridized carbons (Fsp3) is 0.609. The zero-order valence-electron chi connectivity index (χ0n) is 18.9. The van der Waals surface area contributed by atoms with Crippen molar-refractivity contribution >= 4 is 29.3 Å². The SMILES string of the molecule is CC(=O)N1CCN(C2CCC3NCN(CC(=O)NCc4ccc(Cl)c(F)c4)C(=O)C3C2)CC1. The molecule has 0 spiro atoms. The summed E-state index contributed by atoms with van der Waals surface area (Å²) in [5.74, 6) is -0.841. The molecule has 2 N–H and O–H groups in total. The van der Waals surface area contributed by atoms with E-state index in [1.54, 1.807) is 17.9 Å². The molecule has 0 aromatic heterocycles. The Morgan fingerprint density at radius 2 is 1.97 bits per heavy atom. The van der Waals surface area contributed by atoms with Crippen molar-refractivity contribution in [2.45, 2.75) is 44.8 Å². The number of rotatable bonds is 5. The maximum atomic E-state index is 13.6. The van der Waals surface area contributed by atoms with Crippen LogP contribution in [0.2, 0.25) is 5.02 Å². The Balaban J connectivity index is 1.28. The Morgan fingerprint density at radius 3 is 2.67 bits per heavy atom. The molecule has 0 bridgehead atoms. The van der Waals surface area contributed by atoms with Crippen LogP contribution >= 0.6 is 11.6 Å². The second kappa shape index (κ2) is 10.4. The summed E-state index contributed by atoms with van der Waals surface area (Å²) in [4.78, 5) is 43.1. The number of hydrogen-bond acceptors (Lipinski definition) is 5. The highest BCUT2D eigenvalue weighted by atomic mass is 35.5. The molecule has 1 aromatic carbocycles. The van der Waals surface area contributed by atoms with E-state index < -0.39 is 5.82 Å². The van der Waals surface area contributed by atoms with Gasteiger partial charge >= 0.3 is 0 Å². The number of piperazine rings is 1. The van der Waals surface area contributed by atoms with E-state index in [0.29, 0.717) is 18.3 Å². The number of carbonyl (C=O) groups is 3. The van der Waals surface area contributed by atoms with Gasteiger partial charge in [-0.3, -0.25) is 24.6 Å². The van der Waals surface area contributed by atoms with E-state index in [-0.39, 0.29) is 47.8 Å². The lowest BCUT2D eigenvalue weighted by atomic mass is 9.79. The summed E-state index contributed by atoms with van der Waals surface area (Å²) in [6.07, 6.45) is 2.72. The molecule has 1 saturated carbocycles. The molecule has 0 radical (unpaired) electrons. The minimum atomic E-state index is -0.528. The lowest BCUT2D eigenvalue weighted by Gasteiger charge is -2.47. The van der Waals surface area contributed by atoms with Gasteiger partial charge < -0.3 is 15.1 Å². The van der Waals surface area contributed by atoms with Gasteiger partial charge in [-0.15, -0.1) is 0 Å². The molecule has 8 nitrogen and oxygen atoms in total. The number of halogens is 2. The Labute approximate surface area is 198 Å². The summed E-state index contributed by atoms with van der Waals surface area (Å²) < 4.78 is 13.6. The number of nitrogens with one attached hydrogen (secondary N) is 2.